The Morgan fingerprint density at radius 2 is 2.13 bits per heavy atom. The molecule has 0 radical (unpaired) electrons. The van der Waals surface area contributed by atoms with Gasteiger partial charge in [0, 0.05) is 5.69 Å². The molecule has 0 atom stereocenters. The van der Waals surface area contributed by atoms with Gasteiger partial charge in [-0.15, -0.1) is 0 Å². The minimum Gasteiger partial charge on any atom is -0.398 e. The predicted octanol–water partition coefficient (Wildman–Crippen LogP) is 1.32. The maximum absolute atomic E-state index is 11.7. The number of nitrogen functional groups attached to an aromatic ring is 1. The van der Waals surface area contributed by atoms with Crippen molar-refractivity contribution in [2.45, 2.75) is 18.2 Å². The summed E-state index contributed by atoms with van der Waals surface area (Å²) in [7, 11) is -3.27. The van der Waals surface area contributed by atoms with E-state index in [1.54, 1.807) is 6.92 Å². The first kappa shape index (κ1) is 11.5. The second-order valence-electron chi connectivity index (χ2n) is 3.18. The summed E-state index contributed by atoms with van der Waals surface area (Å²) < 4.78 is 23.3. The lowest BCUT2D eigenvalue weighted by Crippen LogP contribution is -2.06. The number of hydrogen-bond acceptors (Lipinski definition) is 4. The van der Waals surface area contributed by atoms with E-state index in [1.165, 1.54) is 18.2 Å². The SMILES string of the molecule is CCCS(=O)(=O)c1ccc(N)c(C#N)c1. The monoisotopic (exact) mass is 224 g/mol. The lowest BCUT2D eigenvalue weighted by molar-refractivity contribution is 0.594. The molecule has 1 aromatic carbocycles. The highest BCUT2D eigenvalue weighted by molar-refractivity contribution is 7.91. The van der Waals surface area contributed by atoms with Gasteiger partial charge in [0.05, 0.1) is 16.2 Å². The molecule has 0 amide bonds. The van der Waals surface area contributed by atoms with Crippen molar-refractivity contribution in [3.63, 3.8) is 0 Å². The fourth-order valence-electron chi connectivity index (χ4n) is 1.21. The van der Waals surface area contributed by atoms with Crippen LogP contribution >= 0.6 is 0 Å². The number of nitrogens with two attached hydrogens (primary N) is 1. The van der Waals surface area contributed by atoms with Gasteiger partial charge < -0.3 is 5.73 Å². The Morgan fingerprint density at radius 1 is 1.47 bits per heavy atom. The standard InChI is InChI=1S/C10H12N2O2S/c1-2-5-15(13,14)9-3-4-10(12)8(6-9)7-11/h3-4,6H,2,5,12H2,1H3. The van der Waals surface area contributed by atoms with Crippen LogP contribution in [-0.4, -0.2) is 14.2 Å². The van der Waals surface area contributed by atoms with Crippen molar-refractivity contribution in [1.29, 1.82) is 5.26 Å². The number of benzene rings is 1. The fraction of sp³-hybridized carbons (Fsp3) is 0.300. The van der Waals surface area contributed by atoms with E-state index in [0.717, 1.165) is 0 Å². The Labute approximate surface area is 89.2 Å². The summed E-state index contributed by atoms with van der Waals surface area (Å²) in [5.74, 6) is 0.0851. The molecule has 0 unspecified atom stereocenters. The maximum Gasteiger partial charge on any atom is 0.178 e. The highest BCUT2D eigenvalue weighted by atomic mass is 32.2. The van der Waals surface area contributed by atoms with Gasteiger partial charge in [0.15, 0.2) is 9.84 Å². The summed E-state index contributed by atoms with van der Waals surface area (Å²) in [6.07, 6.45) is 0.550. The van der Waals surface area contributed by atoms with E-state index in [2.05, 4.69) is 0 Å². The minimum atomic E-state index is -3.27. The second-order valence-corrected chi connectivity index (χ2v) is 5.29. The molecule has 2 N–H and O–H groups in total. The van der Waals surface area contributed by atoms with E-state index >= 15 is 0 Å². The van der Waals surface area contributed by atoms with Crippen LogP contribution in [0.1, 0.15) is 18.9 Å². The molecular weight excluding hydrogens is 212 g/mol. The topological polar surface area (TPSA) is 83.9 Å². The molecule has 0 fully saturated rings. The first-order valence-corrected chi connectivity index (χ1v) is 6.19. The number of hydrogen-bond donors (Lipinski definition) is 1. The van der Waals surface area contributed by atoms with Crippen LogP contribution in [0, 0.1) is 11.3 Å². The Morgan fingerprint density at radius 3 is 2.67 bits per heavy atom. The largest absolute Gasteiger partial charge is 0.398 e. The number of nitrogens with zero attached hydrogens (tertiary/aromatic N) is 1. The van der Waals surface area contributed by atoms with Crippen LogP contribution in [0.25, 0.3) is 0 Å². The predicted molar refractivity (Wildman–Crippen MR) is 57.9 cm³/mol. The van der Waals surface area contributed by atoms with Gasteiger partial charge >= 0.3 is 0 Å². The van der Waals surface area contributed by atoms with Crippen LogP contribution in [0.4, 0.5) is 5.69 Å². The third kappa shape index (κ3) is 2.48. The fourth-order valence-corrected chi connectivity index (χ4v) is 2.56. The van der Waals surface area contributed by atoms with Gasteiger partial charge in [-0.2, -0.15) is 5.26 Å². The molecule has 0 aliphatic carbocycles. The lowest BCUT2D eigenvalue weighted by Gasteiger charge is -2.04. The van der Waals surface area contributed by atoms with Gasteiger partial charge in [-0.1, -0.05) is 6.92 Å². The molecule has 80 valence electrons. The molecule has 0 aromatic heterocycles. The zero-order chi connectivity index (χ0) is 11.5. The van der Waals surface area contributed by atoms with Gasteiger partial charge in [0.1, 0.15) is 6.07 Å². The van der Waals surface area contributed by atoms with E-state index in [0.29, 0.717) is 12.1 Å². The molecule has 1 rings (SSSR count). The van der Waals surface area contributed by atoms with Crippen LogP contribution in [0.2, 0.25) is 0 Å². The first-order chi connectivity index (χ1) is 7.01. The van der Waals surface area contributed by atoms with Crippen molar-refractivity contribution < 1.29 is 8.42 Å². The third-order valence-electron chi connectivity index (χ3n) is 1.98. The number of rotatable bonds is 3. The Kier molecular flexibility index (Phi) is 3.32. The van der Waals surface area contributed by atoms with Crippen molar-refractivity contribution in [2.24, 2.45) is 0 Å². The van der Waals surface area contributed by atoms with E-state index in [-0.39, 0.29) is 16.2 Å². The zero-order valence-corrected chi connectivity index (χ0v) is 9.21. The molecule has 0 saturated heterocycles. The van der Waals surface area contributed by atoms with E-state index < -0.39 is 9.84 Å². The van der Waals surface area contributed by atoms with Gasteiger partial charge in [-0.3, -0.25) is 0 Å². The van der Waals surface area contributed by atoms with Crippen LogP contribution in [0.15, 0.2) is 23.1 Å². The summed E-state index contributed by atoms with van der Waals surface area (Å²) in [6.45, 7) is 1.79. The molecule has 0 saturated carbocycles. The molecule has 0 spiro atoms. The lowest BCUT2D eigenvalue weighted by atomic mass is 10.2. The summed E-state index contributed by atoms with van der Waals surface area (Å²) in [4.78, 5) is 0.162. The number of sulfone groups is 1. The van der Waals surface area contributed by atoms with Crippen LogP contribution < -0.4 is 5.73 Å². The number of anilines is 1. The summed E-state index contributed by atoms with van der Waals surface area (Å²) in [6, 6.07) is 6.06. The zero-order valence-electron chi connectivity index (χ0n) is 8.40. The smallest absolute Gasteiger partial charge is 0.178 e. The average molecular weight is 224 g/mol. The molecule has 5 heteroatoms. The summed E-state index contributed by atoms with van der Waals surface area (Å²) >= 11 is 0. The van der Waals surface area contributed by atoms with Crippen LogP contribution in [-0.2, 0) is 9.84 Å². The van der Waals surface area contributed by atoms with Crippen molar-refractivity contribution in [3.05, 3.63) is 23.8 Å². The van der Waals surface area contributed by atoms with Gasteiger partial charge in [0.2, 0.25) is 0 Å². The molecule has 0 aliphatic heterocycles. The van der Waals surface area contributed by atoms with E-state index in [4.69, 9.17) is 11.0 Å². The summed E-state index contributed by atoms with van der Waals surface area (Å²) in [5.41, 5.74) is 6.00. The Bertz CT molecular complexity index is 501. The first-order valence-electron chi connectivity index (χ1n) is 4.53. The molecule has 0 aliphatic rings. The summed E-state index contributed by atoms with van der Waals surface area (Å²) in [5, 5.41) is 8.71. The normalized spacial score (nSPS) is 10.9. The second kappa shape index (κ2) is 4.32. The van der Waals surface area contributed by atoms with Crippen LogP contribution in [0.3, 0.4) is 0 Å². The van der Waals surface area contributed by atoms with Gasteiger partial charge in [-0.05, 0) is 24.6 Å². The van der Waals surface area contributed by atoms with Crippen LogP contribution in [0.5, 0.6) is 0 Å². The van der Waals surface area contributed by atoms with Crippen molar-refractivity contribution in [3.8, 4) is 6.07 Å². The quantitative estimate of drug-likeness (QED) is 0.785. The van der Waals surface area contributed by atoms with Gasteiger partial charge in [0.25, 0.3) is 0 Å². The highest BCUT2D eigenvalue weighted by Crippen LogP contribution is 2.18. The molecular formula is C10H12N2O2S. The number of nitriles is 1. The molecule has 0 heterocycles. The van der Waals surface area contributed by atoms with E-state index in [1.807, 2.05) is 6.07 Å². The van der Waals surface area contributed by atoms with Gasteiger partial charge in [-0.25, -0.2) is 8.42 Å². The van der Waals surface area contributed by atoms with E-state index in [9.17, 15) is 8.42 Å². The molecule has 0 bridgehead atoms. The van der Waals surface area contributed by atoms with Crippen molar-refractivity contribution in [1.82, 2.24) is 0 Å². The maximum atomic E-state index is 11.7. The Hall–Kier alpha value is -1.54. The molecule has 4 nitrogen and oxygen atoms in total. The van der Waals surface area contributed by atoms with Crippen molar-refractivity contribution >= 4 is 15.5 Å². The average Bonchev–Trinajstić information content (AvgIpc) is 2.18. The third-order valence-corrected chi connectivity index (χ3v) is 3.90. The molecule has 1 aromatic rings. The Balaban J connectivity index is 3.24. The molecule has 15 heavy (non-hydrogen) atoms. The van der Waals surface area contributed by atoms with Crippen molar-refractivity contribution in [2.75, 3.05) is 11.5 Å². The highest BCUT2D eigenvalue weighted by Gasteiger charge is 2.14. The minimum absolute atomic E-state index is 0.0851.